The first-order chi connectivity index (χ1) is 14.4. The summed E-state index contributed by atoms with van der Waals surface area (Å²) in [6.45, 7) is 8.33. The molecule has 3 heterocycles. The van der Waals surface area contributed by atoms with E-state index in [0.29, 0.717) is 29.7 Å². The molecular formula is C22H30N4O3S. The molecule has 2 aliphatic heterocycles. The van der Waals surface area contributed by atoms with Crippen molar-refractivity contribution in [2.45, 2.75) is 38.8 Å². The molecule has 0 spiro atoms. The summed E-state index contributed by atoms with van der Waals surface area (Å²) in [5.74, 6) is 0.0378. The molecule has 0 saturated carbocycles. The number of fused-ring (bicyclic) bond motifs is 1. The van der Waals surface area contributed by atoms with Crippen LogP contribution >= 0.6 is 11.3 Å². The van der Waals surface area contributed by atoms with Crippen molar-refractivity contribution >= 4 is 38.4 Å². The van der Waals surface area contributed by atoms with Crippen LogP contribution in [-0.2, 0) is 4.74 Å². The van der Waals surface area contributed by atoms with Crippen molar-refractivity contribution in [3.8, 4) is 0 Å². The van der Waals surface area contributed by atoms with Crippen LogP contribution in [0.4, 0.5) is 9.80 Å². The molecule has 0 atom stereocenters. The second-order valence-electron chi connectivity index (χ2n) is 8.32. The summed E-state index contributed by atoms with van der Waals surface area (Å²) in [6.07, 6.45) is 1.60. The summed E-state index contributed by atoms with van der Waals surface area (Å²) >= 11 is 1.48. The number of hydrogen-bond acceptors (Lipinski definition) is 6. The number of rotatable bonds is 3. The zero-order valence-electron chi connectivity index (χ0n) is 17.7. The van der Waals surface area contributed by atoms with Gasteiger partial charge in [0.15, 0.2) is 0 Å². The van der Waals surface area contributed by atoms with E-state index in [0.717, 1.165) is 49.1 Å². The van der Waals surface area contributed by atoms with Gasteiger partial charge in [0.05, 0.1) is 16.7 Å². The number of nitrogens with zero attached hydrogens (tertiary/aromatic N) is 3. The lowest BCUT2D eigenvalue weighted by atomic mass is 10.0. The Morgan fingerprint density at radius 2 is 1.70 bits per heavy atom. The van der Waals surface area contributed by atoms with Gasteiger partial charge >= 0.3 is 6.09 Å². The lowest BCUT2D eigenvalue weighted by molar-refractivity contribution is 0.0360. The van der Waals surface area contributed by atoms with Crippen LogP contribution in [0.2, 0.25) is 0 Å². The van der Waals surface area contributed by atoms with Crippen LogP contribution in [0.5, 0.6) is 0 Å². The quantitative estimate of drug-likeness (QED) is 0.809. The molecular weight excluding hydrogens is 400 g/mol. The zero-order valence-corrected chi connectivity index (χ0v) is 18.5. The highest BCUT2D eigenvalue weighted by Gasteiger charge is 2.32. The third-order valence-electron chi connectivity index (χ3n) is 6.01. The monoisotopic (exact) mass is 430 g/mol. The number of likely N-dealkylation sites (tertiary alicyclic amines) is 1. The molecule has 1 aromatic heterocycles. The molecule has 2 aliphatic rings. The summed E-state index contributed by atoms with van der Waals surface area (Å²) in [6, 6.07) is 8.36. The minimum Gasteiger partial charge on any atom is -0.447 e. The van der Waals surface area contributed by atoms with Crippen LogP contribution in [0.3, 0.4) is 0 Å². The Hall–Kier alpha value is -2.32. The average Bonchev–Trinajstić information content (AvgIpc) is 3.08. The molecule has 0 aliphatic carbocycles. The van der Waals surface area contributed by atoms with E-state index in [9.17, 15) is 9.59 Å². The highest BCUT2D eigenvalue weighted by atomic mass is 32.1. The molecule has 2 amide bonds. The maximum atomic E-state index is 13.2. The number of nitrogens with two attached hydrogens (primary N) is 1. The van der Waals surface area contributed by atoms with Gasteiger partial charge in [-0.25, -0.2) is 4.79 Å². The van der Waals surface area contributed by atoms with Gasteiger partial charge in [-0.1, -0.05) is 18.2 Å². The predicted octanol–water partition coefficient (Wildman–Crippen LogP) is 3.25. The van der Waals surface area contributed by atoms with E-state index in [4.69, 9.17) is 10.5 Å². The first-order valence-electron chi connectivity index (χ1n) is 10.7. The molecule has 162 valence electrons. The molecule has 0 unspecified atom stereocenters. The highest BCUT2D eigenvalue weighted by Crippen LogP contribution is 2.34. The van der Waals surface area contributed by atoms with Crippen LogP contribution < -0.4 is 5.73 Å². The maximum Gasteiger partial charge on any atom is 0.410 e. The number of ether oxygens (including phenoxy) is 1. The molecule has 0 bridgehead atoms. The minimum atomic E-state index is -0.209. The molecule has 2 fully saturated rings. The third-order valence-corrected chi connectivity index (χ3v) is 7.01. The van der Waals surface area contributed by atoms with Gasteiger partial charge in [-0.15, -0.1) is 11.3 Å². The fourth-order valence-electron chi connectivity index (χ4n) is 4.42. The van der Waals surface area contributed by atoms with E-state index in [1.165, 1.54) is 11.3 Å². The lowest BCUT2D eigenvalue weighted by Crippen LogP contribution is -2.54. The smallest absolute Gasteiger partial charge is 0.410 e. The maximum absolute atomic E-state index is 13.2. The molecule has 30 heavy (non-hydrogen) atoms. The summed E-state index contributed by atoms with van der Waals surface area (Å²) < 4.78 is 6.36. The predicted molar refractivity (Wildman–Crippen MR) is 120 cm³/mol. The largest absolute Gasteiger partial charge is 0.447 e. The summed E-state index contributed by atoms with van der Waals surface area (Å²) in [5.41, 5.74) is 6.84. The van der Waals surface area contributed by atoms with Crippen LogP contribution in [-0.4, -0.2) is 78.1 Å². The summed E-state index contributed by atoms with van der Waals surface area (Å²) in [7, 11) is 0. The second-order valence-corrected chi connectivity index (χ2v) is 9.40. The SMILES string of the molecule is CC(C)OC(=O)N1CCC(N2CCN(C(=O)c3c(N)sc4ccccc34)CC2)CC1. The van der Waals surface area contributed by atoms with Gasteiger partial charge in [-0.05, 0) is 32.8 Å². The Labute approximate surface area is 181 Å². The molecule has 7 nitrogen and oxygen atoms in total. The van der Waals surface area contributed by atoms with E-state index in [1.807, 2.05) is 43.0 Å². The molecule has 1 aromatic carbocycles. The first-order valence-corrected chi connectivity index (χ1v) is 11.5. The number of carbonyl (C=O) groups excluding carboxylic acids is 2. The van der Waals surface area contributed by atoms with Gasteiger partial charge in [0.2, 0.25) is 0 Å². The van der Waals surface area contributed by atoms with Crippen molar-refractivity contribution in [2.75, 3.05) is 45.0 Å². The molecule has 8 heteroatoms. The molecule has 0 radical (unpaired) electrons. The number of benzene rings is 1. The Morgan fingerprint density at radius 1 is 1.03 bits per heavy atom. The minimum absolute atomic E-state index is 0.0378. The van der Waals surface area contributed by atoms with Crippen molar-refractivity contribution in [2.24, 2.45) is 0 Å². The Kier molecular flexibility index (Phi) is 6.15. The summed E-state index contributed by atoms with van der Waals surface area (Å²) in [4.78, 5) is 31.4. The number of nitrogen functional groups attached to an aromatic ring is 1. The van der Waals surface area contributed by atoms with Crippen molar-refractivity contribution in [1.29, 1.82) is 0 Å². The van der Waals surface area contributed by atoms with Crippen molar-refractivity contribution in [3.63, 3.8) is 0 Å². The van der Waals surface area contributed by atoms with Gasteiger partial charge in [0.1, 0.15) is 0 Å². The third kappa shape index (κ3) is 4.25. The van der Waals surface area contributed by atoms with Crippen molar-refractivity contribution < 1.29 is 14.3 Å². The number of amides is 2. The summed E-state index contributed by atoms with van der Waals surface area (Å²) in [5, 5.41) is 1.55. The molecule has 2 aromatic rings. The zero-order chi connectivity index (χ0) is 21.3. The van der Waals surface area contributed by atoms with E-state index in [-0.39, 0.29) is 18.1 Å². The van der Waals surface area contributed by atoms with Crippen LogP contribution in [0.1, 0.15) is 37.0 Å². The van der Waals surface area contributed by atoms with Gasteiger partial charge in [0.25, 0.3) is 5.91 Å². The molecule has 2 N–H and O–H groups in total. The van der Waals surface area contributed by atoms with Gasteiger partial charge in [0, 0.05) is 55.4 Å². The van der Waals surface area contributed by atoms with Gasteiger partial charge in [-0.2, -0.15) is 0 Å². The number of thiophene rings is 1. The Morgan fingerprint density at radius 3 is 2.37 bits per heavy atom. The fraction of sp³-hybridized carbons (Fsp3) is 0.545. The highest BCUT2D eigenvalue weighted by molar-refractivity contribution is 7.23. The van der Waals surface area contributed by atoms with E-state index >= 15 is 0 Å². The number of carbonyl (C=O) groups is 2. The van der Waals surface area contributed by atoms with E-state index < -0.39 is 0 Å². The number of piperazine rings is 1. The van der Waals surface area contributed by atoms with Gasteiger partial charge < -0.3 is 20.3 Å². The molecule has 4 rings (SSSR count). The molecule has 2 saturated heterocycles. The number of anilines is 1. The van der Waals surface area contributed by atoms with Crippen LogP contribution in [0.25, 0.3) is 10.1 Å². The lowest BCUT2D eigenvalue weighted by Gasteiger charge is -2.42. The van der Waals surface area contributed by atoms with Crippen molar-refractivity contribution in [3.05, 3.63) is 29.8 Å². The second kappa shape index (κ2) is 8.81. The Balaban J connectivity index is 1.32. The number of hydrogen-bond donors (Lipinski definition) is 1. The van der Waals surface area contributed by atoms with E-state index in [1.54, 1.807) is 4.90 Å². The van der Waals surface area contributed by atoms with Crippen molar-refractivity contribution in [1.82, 2.24) is 14.7 Å². The van der Waals surface area contributed by atoms with Gasteiger partial charge in [-0.3, -0.25) is 9.69 Å². The average molecular weight is 431 g/mol. The number of piperidine rings is 1. The van der Waals surface area contributed by atoms with Crippen LogP contribution in [0.15, 0.2) is 24.3 Å². The Bertz CT molecular complexity index is 912. The standard InChI is InChI=1S/C22H30N4O3S/c1-15(2)29-22(28)26-9-7-16(8-10-26)24-11-13-25(14-12-24)21(27)19-17-5-3-4-6-18(17)30-20(19)23/h3-6,15-16H,7-14,23H2,1-2H3. The van der Waals surface area contributed by atoms with E-state index in [2.05, 4.69) is 4.90 Å². The first kappa shape index (κ1) is 20.9. The van der Waals surface area contributed by atoms with Crippen LogP contribution in [0, 0.1) is 0 Å². The fourth-order valence-corrected chi connectivity index (χ4v) is 5.39. The topological polar surface area (TPSA) is 79.1 Å². The normalized spacial score (nSPS) is 18.9.